The van der Waals surface area contributed by atoms with Crippen molar-refractivity contribution in [1.29, 1.82) is 0 Å². The van der Waals surface area contributed by atoms with Gasteiger partial charge >= 0.3 is 0 Å². The SMILES string of the molecule is CNC1COCC1C(=O)N(CCO)C(C)C. The summed E-state index contributed by atoms with van der Waals surface area (Å²) < 4.78 is 5.32. The van der Waals surface area contributed by atoms with Crippen molar-refractivity contribution < 1.29 is 14.6 Å². The molecule has 5 nitrogen and oxygen atoms in total. The molecule has 0 aliphatic carbocycles. The highest BCUT2D eigenvalue weighted by atomic mass is 16.5. The fourth-order valence-electron chi connectivity index (χ4n) is 2.03. The van der Waals surface area contributed by atoms with Crippen molar-refractivity contribution in [3.8, 4) is 0 Å². The van der Waals surface area contributed by atoms with E-state index in [0.29, 0.717) is 19.8 Å². The molecule has 0 spiro atoms. The van der Waals surface area contributed by atoms with Crippen LogP contribution in [0.1, 0.15) is 13.8 Å². The van der Waals surface area contributed by atoms with Gasteiger partial charge in [0.2, 0.25) is 5.91 Å². The molecule has 1 saturated heterocycles. The Hall–Kier alpha value is -0.650. The molecular weight excluding hydrogens is 208 g/mol. The average molecular weight is 230 g/mol. The van der Waals surface area contributed by atoms with Crippen molar-refractivity contribution in [3.05, 3.63) is 0 Å². The standard InChI is InChI=1S/C11H22N2O3/c1-8(2)13(4-5-14)11(15)9-6-16-7-10(9)12-3/h8-10,12,14H,4-7H2,1-3H3. The smallest absolute Gasteiger partial charge is 0.229 e. The molecule has 1 amide bonds. The first-order valence-corrected chi connectivity index (χ1v) is 5.78. The second kappa shape index (κ2) is 6.18. The molecule has 2 N–H and O–H groups in total. The van der Waals surface area contributed by atoms with E-state index in [9.17, 15) is 4.79 Å². The molecule has 16 heavy (non-hydrogen) atoms. The zero-order valence-electron chi connectivity index (χ0n) is 10.3. The van der Waals surface area contributed by atoms with Gasteiger partial charge < -0.3 is 20.1 Å². The Kier molecular flexibility index (Phi) is 5.18. The second-order valence-corrected chi connectivity index (χ2v) is 4.39. The maximum absolute atomic E-state index is 12.2. The Morgan fingerprint density at radius 2 is 2.25 bits per heavy atom. The molecule has 0 aromatic rings. The van der Waals surface area contributed by atoms with Crippen molar-refractivity contribution >= 4 is 5.91 Å². The van der Waals surface area contributed by atoms with Crippen molar-refractivity contribution in [2.24, 2.45) is 5.92 Å². The molecule has 0 bridgehead atoms. The van der Waals surface area contributed by atoms with E-state index in [1.165, 1.54) is 0 Å². The molecule has 1 aliphatic rings. The van der Waals surface area contributed by atoms with Gasteiger partial charge in [0.05, 0.1) is 25.7 Å². The highest BCUT2D eigenvalue weighted by molar-refractivity contribution is 5.80. The quantitative estimate of drug-likeness (QED) is 0.665. The topological polar surface area (TPSA) is 61.8 Å². The Morgan fingerprint density at radius 1 is 1.56 bits per heavy atom. The lowest BCUT2D eigenvalue weighted by molar-refractivity contribution is -0.138. The minimum Gasteiger partial charge on any atom is -0.395 e. The number of carbonyl (C=O) groups excluding carboxylic acids is 1. The van der Waals surface area contributed by atoms with Gasteiger partial charge in [-0.25, -0.2) is 0 Å². The predicted octanol–water partition coefficient (Wildman–Crippen LogP) is -0.550. The summed E-state index contributed by atoms with van der Waals surface area (Å²) in [6.07, 6.45) is 0. The van der Waals surface area contributed by atoms with Crippen LogP contribution in [-0.2, 0) is 9.53 Å². The lowest BCUT2D eigenvalue weighted by Gasteiger charge is -2.30. The Labute approximate surface area is 96.8 Å². The van der Waals surface area contributed by atoms with Crippen LogP contribution < -0.4 is 5.32 Å². The van der Waals surface area contributed by atoms with Crippen LogP contribution in [0.25, 0.3) is 0 Å². The molecule has 1 rings (SSSR count). The van der Waals surface area contributed by atoms with Gasteiger partial charge in [-0.05, 0) is 20.9 Å². The van der Waals surface area contributed by atoms with Gasteiger partial charge in [0.1, 0.15) is 0 Å². The van der Waals surface area contributed by atoms with Gasteiger partial charge in [0.25, 0.3) is 0 Å². The Morgan fingerprint density at radius 3 is 2.75 bits per heavy atom. The van der Waals surface area contributed by atoms with Crippen molar-refractivity contribution in [3.63, 3.8) is 0 Å². The number of carbonyl (C=O) groups is 1. The molecule has 0 aromatic heterocycles. The van der Waals surface area contributed by atoms with Gasteiger partial charge in [-0.3, -0.25) is 4.79 Å². The number of likely N-dealkylation sites (N-methyl/N-ethyl adjacent to an activating group) is 1. The molecule has 2 unspecified atom stereocenters. The summed E-state index contributed by atoms with van der Waals surface area (Å²) in [6, 6.07) is 0.199. The fraction of sp³-hybridized carbons (Fsp3) is 0.909. The van der Waals surface area contributed by atoms with Crippen LogP contribution >= 0.6 is 0 Å². The first-order valence-electron chi connectivity index (χ1n) is 5.78. The number of hydrogen-bond acceptors (Lipinski definition) is 4. The monoisotopic (exact) mass is 230 g/mol. The molecular formula is C11H22N2O3. The number of nitrogens with zero attached hydrogens (tertiary/aromatic N) is 1. The normalized spacial score (nSPS) is 25.1. The van der Waals surface area contributed by atoms with Crippen LogP contribution in [0.3, 0.4) is 0 Å². The number of aliphatic hydroxyl groups is 1. The molecule has 0 radical (unpaired) electrons. The van der Waals surface area contributed by atoms with Crippen molar-refractivity contribution in [2.45, 2.75) is 25.9 Å². The number of hydrogen-bond donors (Lipinski definition) is 2. The third-order valence-electron chi connectivity index (χ3n) is 3.02. The number of rotatable bonds is 5. The van der Waals surface area contributed by atoms with Gasteiger partial charge in [0, 0.05) is 18.6 Å². The molecule has 0 aromatic carbocycles. The van der Waals surface area contributed by atoms with Gasteiger partial charge in [0.15, 0.2) is 0 Å². The van der Waals surface area contributed by atoms with Crippen molar-refractivity contribution in [2.75, 3.05) is 33.4 Å². The Bertz CT molecular complexity index is 229. The zero-order valence-corrected chi connectivity index (χ0v) is 10.3. The zero-order chi connectivity index (χ0) is 12.1. The van der Waals surface area contributed by atoms with Gasteiger partial charge in [-0.1, -0.05) is 0 Å². The van der Waals surface area contributed by atoms with Crippen LogP contribution in [0.2, 0.25) is 0 Å². The molecule has 1 heterocycles. The van der Waals surface area contributed by atoms with Crippen LogP contribution in [0, 0.1) is 5.92 Å². The minimum atomic E-state index is -0.126. The maximum Gasteiger partial charge on any atom is 0.229 e. The predicted molar refractivity (Wildman–Crippen MR) is 61.1 cm³/mol. The maximum atomic E-state index is 12.2. The number of amides is 1. The minimum absolute atomic E-state index is 0.00170. The first kappa shape index (κ1) is 13.4. The van der Waals surface area contributed by atoms with E-state index in [1.54, 1.807) is 4.90 Å². The number of ether oxygens (including phenoxy) is 1. The van der Waals surface area contributed by atoms with E-state index < -0.39 is 0 Å². The van der Waals surface area contributed by atoms with Crippen LogP contribution in [0.4, 0.5) is 0 Å². The van der Waals surface area contributed by atoms with E-state index in [-0.39, 0.29) is 30.5 Å². The number of nitrogens with one attached hydrogen (secondary N) is 1. The lowest BCUT2D eigenvalue weighted by Crippen LogP contribution is -2.48. The highest BCUT2D eigenvalue weighted by Crippen LogP contribution is 2.17. The fourth-order valence-corrected chi connectivity index (χ4v) is 2.03. The second-order valence-electron chi connectivity index (χ2n) is 4.39. The molecule has 1 aliphatic heterocycles. The summed E-state index contributed by atoms with van der Waals surface area (Å²) in [4.78, 5) is 14.0. The summed E-state index contributed by atoms with van der Waals surface area (Å²) in [5, 5.41) is 12.1. The lowest BCUT2D eigenvalue weighted by atomic mass is 10.0. The van der Waals surface area contributed by atoms with E-state index in [2.05, 4.69) is 5.32 Å². The number of aliphatic hydroxyl groups excluding tert-OH is 1. The van der Waals surface area contributed by atoms with E-state index in [0.717, 1.165) is 0 Å². The molecule has 2 atom stereocenters. The highest BCUT2D eigenvalue weighted by Gasteiger charge is 2.36. The summed E-state index contributed by atoms with van der Waals surface area (Å²) in [6.45, 7) is 5.36. The molecule has 1 fully saturated rings. The average Bonchev–Trinajstić information content (AvgIpc) is 2.72. The van der Waals surface area contributed by atoms with Gasteiger partial charge in [-0.15, -0.1) is 0 Å². The van der Waals surface area contributed by atoms with Crippen LogP contribution in [-0.4, -0.2) is 61.4 Å². The van der Waals surface area contributed by atoms with Gasteiger partial charge in [-0.2, -0.15) is 0 Å². The summed E-state index contributed by atoms with van der Waals surface area (Å²) in [5.41, 5.74) is 0. The molecule has 0 saturated carbocycles. The van der Waals surface area contributed by atoms with E-state index in [1.807, 2.05) is 20.9 Å². The summed E-state index contributed by atoms with van der Waals surface area (Å²) in [7, 11) is 1.84. The van der Waals surface area contributed by atoms with Crippen LogP contribution in [0.15, 0.2) is 0 Å². The van der Waals surface area contributed by atoms with Crippen LogP contribution in [0.5, 0.6) is 0 Å². The van der Waals surface area contributed by atoms with E-state index in [4.69, 9.17) is 9.84 Å². The largest absolute Gasteiger partial charge is 0.395 e. The third kappa shape index (κ3) is 2.93. The van der Waals surface area contributed by atoms with Crippen molar-refractivity contribution in [1.82, 2.24) is 10.2 Å². The summed E-state index contributed by atoms with van der Waals surface area (Å²) >= 11 is 0. The van der Waals surface area contributed by atoms with E-state index >= 15 is 0 Å². The summed E-state index contributed by atoms with van der Waals surface area (Å²) in [5.74, 6) is -0.0557. The third-order valence-corrected chi connectivity index (χ3v) is 3.02. The Balaban J connectivity index is 2.66. The molecule has 5 heteroatoms. The first-order chi connectivity index (χ1) is 7.61. The molecule has 94 valence electrons.